The highest BCUT2D eigenvalue weighted by molar-refractivity contribution is 6.31. The van der Waals surface area contributed by atoms with E-state index in [-0.39, 0.29) is 0 Å². The molecule has 20 heavy (non-hydrogen) atoms. The summed E-state index contributed by atoms with van der Waals surface area (Å²) in [7, 11) is 1.65. The van der Waals surface area contributed by atoms with Crippen LogP contribution in [0.5, 0.6) is 5.88 Å². The Morgan fingerprint density at radius 1 is 1.25 bits per heavy atom. The SMILES string of the molecule is CCNCc1cnc(OCCCOCCOC)c(Cl)c1. The molecule has 1 N–H and O–H groups in total. The monoisotopic (exact) mass is 302 g/mol. The second kappa shape index (κ2) is 10.9. The van der Waals surface area contributed by atoms with Crippen molar-refractivity contribution in [1.82, 2.24) is 10.3 Å². The van der Waals surface area contributed by atoms with Crippen LogP contribution >= 0.6 is 11.6 Å². The molecular weight excluding hydrogens is 280 g/mol. The molecule has 6 heteroatoms. The molecule has 0 radical (unpaired) electrons. The lowest BCUT2D eigenvalue weighted by Gasteiger charge is -2.09. The Morgan fingerprint density at radius 3 is 2.80 bits per heavy atom. The molecule has 0 amide bonds. The van der Waals surface area contributed by atoms with Crippen molar-refractivity contribution in [2.24, 2.45) is 0 Å². The molecule has 1 heterocycles. The van der Waals surface area contributed by atoms with Crippen molar-refractivity contribution >= 4 is 11.6 Å². The van der Waals surface area contributed by atoms with Crippen molar-refractivity contribution in [2.45, 2.75) is 19.9 Å². The van der Waals surface area contributed by atoms with Crippen LogP contribution < -0.4 is 10.1 Å². The third kappa shape index (κ3) is 7.05. The molecule has 114 valence electrons. The Bertz CT molecular complexity index is 377. The number of nitrogens with one attached hydrogen (secondary N) is 1. The van der Waals surface area contributed by atoms with Crippen molar-refractivity contribution in [3.8, 4) is 5.88 Å². The lowest BCUT2D eigenvalue weighted by atomic mass is 10.3. The van der Waals surface area contributed by atoms with E-state index in [1.807, 2.05) is 6.07 Å². The molecule has 0 aliphatic heterocycles. The number of hydrogen-bond acceptors (Lipinski definition) is 5. The zero-order valence-electron chi connectivity index (χ0n) is 12.2. The van der Waals surface area contributed by atoms with Gasteiger partial charge >= 0.3 is 0 Å². The summed E-state index contributed by atoms with van der Waals surface area (Å²) < 4.78 is 15.8. The number of nitrogens with zero attached hydrogens (tertiary/aromatic N) is 1. The van der Waals surface area contributed by atoms with Gasteiger partial charge in [-0.2, -0.15) is 0 Å². The van der Waals surface area contributed by atoms with Crippen LogP contribution in [-0.4, -0.2) is 45.1 Å². The molecule has 1 aromatic heterocycles. The van der Waals surface area contributed by atoms with Crippen LogP contribution in [0.3, 0.4) is 0 Å². The van der Waals surface area contributed by atoms with Gasteiger partial charge in [-0.05, 0) is 18.2 Å². The molecule has 0 aromatic carbocycles. The molecular formula is C14H23ClN2O3. The van der Waals surface area contributed by atoms with Crippen molar-refractivity contribution < 1.29 is 14.2 Å². The Labute approximate surface area is 125 Å². The second-order valence-electron chi connectivity index (χ2n) is 4.22. The first-order valence-corrected chi connectivity index (χ1v) is 7.20. The maximum absolute atomic E-state index is 6.13. The van der Waals surface area contributed by atoms with E-state index in [9.17, 15) is 0 Å². The second-order valence-corrected chi connectivity index (χ2v) is 4.63. The fourth-order valence-corrected chi connectivity index (χ4v) is 1.75. The van der Waals surface area contributed by atoms with Gasteiger partial charge in [0.15, 0.2) is 0 Å². The van der Waals surface area contributed by atoms with E-state index in [2.05, 4.69) is 17.2 Å². The molecule has 0 aliphatic rings. The lowest BCUT2D eigenvalue weighted by molar-refractivity contribution is 0.0642. The molecule has 0 saturated carbocycles. The fraction of sp³-hybridized carbons (Fsp3) is 0.643. The van der Waals surface area contributed by atoms with E-state index in [0.29, 0.717) is 37.3 Å². The molecule has 1 aromatic rings. The first kappa shape index (κ1) is 17.2. The minimum Gasteiger partial charge on any atom is -0.477 e. The van der Waals surface area contributed by atoms with Gasteiger partial charge in [0.1, 0.15) is 5.02 Å². The summed E-state index contributed by atoms with van der Waals surface area (Å²) in [4.78, 5) is 4.22. The van der Waals surface area contributed by atoms with Gasteiger partial charge in [-0.1, -0.05) is 18.5 Å². The van der Waals surface area contributed by atoms with Crippen molar-refractivity contribution in [3.05, 3.63) is 22.8 Å². The summed E-state index contributed by atoms with van der Waals surface area (Å²) in [5.74, 6) is 0.476. The summed E-state index contributed by atoms with van der Waals surface area (Å²) in [5, 5.41) is 3.76. The van der Waals surface area contributed by atoms with E-state index >= 15 is 0 Å². The third-order valence-corrected chi connectivity index (χ3v) is 2.82. The van der Waals surface area contributed by atoms with Crippen LogP contribution in [0.25, 0.3) is 0 Å². The van der Waals surface area contributed by atoms with Gasteiger partial charge in [0.25, 0.3) is 0 Å². The number of pyridine rings is 1. The lowest BCUT2D eigenvalue weighted by Crippen LogP contribution is -2.12. The van der Waals surface area contributed by atoms with E-state index in [1.165, 1.54) is 0 Å². The largest absolute Gasteiger partial charge is 0.477 e. The highest BCUT2D eigenvalue weighted by Gasteiger charge is 2.04. The summed E-state index contributed by atoms with van der Waals surface area (Å²) in [6.07, 6.45) is 2.57. The average Bonchev–Trinajstić information content (AvgIpc) is 2.46. The number of aromatic nitrogens is 1. The third-order valence-electron chi connectivity index (χ3n) is 2.55. The standard InChI is InChI=1S/C14H23ClN2O3/c1-3-16-10-12-9-13(15)14(17-11-12)20-6-4-5-19-8-7-18-2/h9,11,16H,3-8,10H2,1-2H3. The van der Waals surface area contributed by atoms with Crippen LogP contribution in [0, 0.1) is 0 Å². The Kier molecular flexibility index (Phi) is 9.32. The number of methoxy groups -OCH3 is 1. The Morgan fingerprint density at radius 2 is 2.10 bits per heavy atom. The van der Waals surface area contributed by atoms with E-state index < -0.39 is 0 Å². The van der Waals surface area contributed by atoms with Gasteiger partial charge in [-0.25, -0.2) is 4.98 Å². The fourth-order valence-electron chi connectivity index (χ4n) is 1.51. The predicted octanol–water partition coefficient (Wildman–Crippen LogP) is 2.28. The summed E-state index contributed by atoms with van der Waals surface area (Å²) in [6.45, 7) is 6.12. The van der Waals surface area contributed by atoms with Gasteiger partial charge in [0.2, 0.25) is 5.88 Å². The van der Waals surface area contributed by atoms with Crippen LogP contribution in [-0.2, 0) is 16.0 Å². The molecule has 0 spiro atoms. The molecule has 0 unspecified atom stereocenters. The molecule has 0 atom stereocenters. The minimum absolute atomic E-state index is 0.476. The smallest absolute Gasteiger partial charge is 0.232 e. The Balaban J connectivity index is 2.23. The van der Waals surface area contributed by atoms with E-state index in [0.717, 1.165) is 25.1 Å². The van der Waals surface area contributed by atoms with Gasteiger partial charge in [0.05, 0.1) is 19.8 Å². The predicted molar refractivity (Wildman–Crippen MR) is 79.4 cm³/mol. The quantitative estimate of drug-likeness (QED) is 0.636. The Hall–Kier alpha value is -0.880. The zero-order chi connectivity index (χ0) is 14.6. The van der Waals surface area contributed by atoms with E-state index in [4.69, 9.17) is 25.8 Å². The van der Waals surface area contributed by atoms with E-state index in [1.54, 1.807) is 13.3 Å². The number of ether oxygens (including phenoxy) is 3. The molecule has 1 rings (SSSR count). The summed E-state index contributed by atoms with van der Waals surface area (Å²) in [5.41, 5.74) is 1.05. The minimum atomic E-state index is 0.476. The van der Waals surface area contributed by atoms with Crippen molar-refractivity contribution in [3.63, 3.8) is 0 Å². The van der Waals surface area contributed by atoms with Gasteiger partial charge < -0.3 is 19.5 Å². The van der Waals surface area contributed by atoms with Gasteiger partial charge in [0, 0.05) is 32.9 Å². The van der Waals surface area contributed by atoms with Crippen LogP contribution in [0.2, 0.25) is 5.02 Å². The van der Waals surface area contributed by atoms with Gasteiger partial charge in [-0.15, -0.1) is 0 Å². The van der Waals surface area contributed by atoms with Crippen molar-refractivity contribution in [1.29, 1.82) is 0 Å². The summed E-state index contributed by atoms with van der Waals surface area (Å²) in [6, 6.07) is 1.88. The summed E-state index contributed by atoms with van der Waals surface area (Å²) >= 11 is 6.13. The average molecular weight is 303 g/mol. The molecule has 0 aliphatic carbocycles. The molecule has 0 bridgehead atoms. The number of hydrogen-bond donors (Lipinski definition) is 1. The maximum atomic E-state index is 6.13. The highest BCUT2D eigenvalue weighted by atomic mass is 35.5. The molecule has 0 fully saturated rings. The first-order valence-electron chi connectivity index (χ1n) is 6.82. The van der Waals surface area contributed by atoms with Crippen LogP contribution in [0.15, 0.2) is 12.3 Å². The van der Waals surface area contributed by atoms with Crippen molar-refractivity contribution in [2.75, 3.05) is 40.1 Å². The maximum Gasteiger partial charge on any atom is 0.232 e. The first-order chi connectivity index (χ1) is 9.77. The number of rotatable bonds is 11. The van der Waals surface area contributed by atoms with Crippen LogP contribution in [0.4, 0.5) is 0 Å². The molecule has 0 saturated heterocycles. The topological polar surface area (TPSA) is 52.6 Å². The number of halogens is 1. The zero-order valence-corrected chi connectivity index (χ0v) is 12.9. The van der Waals surface area contributed by atoms with Crippen LogP contribution in [0.1, 0.15) is 18.9 Å². The van der Waals surface area contributed by atoms with Gasteiger partial charge in [-0.3, -0.25) is 0 Å². The molecule has 5 nitrogen and oxygen atoms in total. The highest BCUT2D eigenvalue weighted by Crippen LogP contribution is 2.22. The normalized spacial score (nSPS) is 10.8.